The molecule has 2 nitrogen and oxygen atoms in total. The van der Waals surface area contributed by atoms with E-state index in [2.05, 4.69) is 60.7 Å². The maximum absolute atomic E-state index is 11.7. The normalized spacial score (nSPS) is 13.4. The molecule has 0 bridgehead atoms. The third-order valence-electron chi connectivity index (χ3n) is 4.68. The first kappa shape index (κ1) is 19.5. The minimum atomic E-state index is 0.211. The molecule has 0 aromatic rings. The highest BCUT2D eigenvalue weighted by molar-refractivity contribution is 5.75. The Morgan fingerprint density at radius 1 is 0.850 bits per heavy atom. The van der Waals surface area contributed by atoms with Crippen molar-refractivity contribution in [2.24, 2.45) is 16.2 Å². The molecule has 120 valence electrons. The van der Waals surface area contributed by atoms with Crippen LogP contribution in [-0.4, -0.2) is 12.5 Å². The summed E-state index contributed by atoms with van der Waals surface area (Å²) in [5, 5.41) is 3.03. The van der Waals surface area contributed by atoms with E-state index in [1.807, 2.05) is 0 Å². The van der Waals surface area contributed by atoms with Crippen molar-refractivity contribution >= 4 is 5.91 Å². The van der Waals surface area contributed by atoms with Crippen LogP contribution in [0.4, 0.5) is 0 Å². The molecule has 0 spiro atoms. The molecule has 1 amide bonds. The maximum atomic E-state index is 11.7. The zero-order chi connectivity index (χ0) is 16.0. The topological polar surface area (TPSA) is 29.1 Å². The second-order valence-corrected chi connectivity index (χ2v) is 9.00. The van der Waals surface area contributed by atoms with Gasteiger partial charge in [0.1, 0.15) is 0 Å². The van der Waals surface area contributed by atoms with Crippen LogP contribution < -0.4 is 5.32 Å². The van der Waals surface area contributed by atoms with Gasteiger partial charge in [-0.05, 0) is 35.5 Å². The number of carbonyl (C=O) groups is 1. The highest BCUT2D eigenvalue weighted by Crippen LogP contribution is 2.41. The Morgan fingerprint density at radius 2 is 1.40 bits per heavy atom. The summed E-state index contributed by atoms with van der Waals surface area (Å²) in [6.45, 7) is 19.0. The fourth-order valence-electron chi connectivity index (χ4n) is 1.89. The molecule has 0 rings (SSSR count). The van der Waals surface area contributed by atoms with Crippen molar-refractivity contribution in [1.29, 1.82) is 0 Å². The fraction of sp³-hybridized carbons (Fsp3) is 0.944. The molecular formula is C18H37NO. The summed E-state index contributed by atoms with van der Waals surface area (Å²) in [7, 11) is 0. The van der Waals surface area contributed by atoms with E-state index in [-0.39, 0.29) is 5.91 Å². The van der Waals surface area contributed by atoms with Crippen LogP contribution in [0.2, 0.25) is 0 Å². The van der Waals surface area contributed by atoms with Gasteiger partial charge in [-0.25, -0.2) is 0 Å². The number of carbonyl (C=O) groups excluding carboxylic acids is 1. The highest BCUT2D eigenvalue weighted by Gasteiger charge is 2.31. The second kappa shape index (κ2) is 7.47. The van der Waals surface area contributed by atoms with E-state index < -0.39 is 0 Å². The predicted molar refractivity (Wildman–Crippen MR) is 88.8 cm³/mol. The van der Waals surface area contributed by atoms with Gasteiger partial charge in [0.25, 0.3) is 0 Å². The number of unbranched alkanes of at least 4 members (excludes halogenated alkanes) is 1. The van der Waals surface area contributed by atoms with Crippen molar-refractivity contribution in [3.05, 3.63) is 0 Å². The van der Waals surface area contributed by atoms with Crippen LogP contribution in [0.15, 0.2) is 0 Å². The van der Waals surface area contributed by atoms with Crippen molar-refractivity contribution in [2.75, 3.05) is 6.54 Å². The molecule has 0 saturated heterocycles. The molecule has 2 heteroatoms. The Bertz CT molecular complexity index is 292. The van der Waals surface area contributed by atoms with Gasteiger partial charge in [-0.3, -0.25) is 4.79 Å². The van der Waals surface area contributed by atoms with Gasteiger partial charge in [0.05, 0.1) is 0 Å². The molecule has 0 heterocycles. The third-order valence-corrected chi connectivity index (χ3v) is 4.68. The van der Waals surface area contributed by atoms with Crippen LogP contribution >= 0.6 is 0 Å². The summed E-state index contributed by atoms with van der Waals surface area (Å²) < 4.78 is 0. The molecule has 0 aromatic heterocycles. The summed E-state index contributed by atoms with van der Waals surface area (Å²) in [6.07, 6.45) is 5.03. The average Bonchev–Trinajstić information content (AvgIpc) is 2.21. The van der Waals surface area contributed by atoms with Gasteiger partial charge in [0.15, 0.2) is 0 Å². The first-order valence-electron chi connectivity index (χ1n) is 8.12. The van der Waals surface area contributed by atoms with Crippen molar-refractivity contribution in [2.45, 2.75) is 87.5 Å². The van der Waals surface area contributed by atoms with Gasteiger partial charge in [-0.1, -0.05) is 61.8 Å². The van der Waals surface area contributed by atoms with Crippen LogP contribution in [-0.2, 0) is 4.79 Å². The van der Waals surface area contributed by atoms with Crippen molar-refractivity contribution in [3.63, 3.8) is 0 Å². The summed E-state index contributed by atoms with van der Waals surface area (Å²) in [6, 6.07) is 0. The summed E-state index contributed by atoms with van der Waals surface area (Å²) in [4.78, 5) is 11.7. The molecule has 0 aromatic carbocycles. The minimum absolute atomic E-state index is 0.211. The first-order valence-corrected chi connectivity index (χ1v) is 8.12. The largest absolute Gasteiger partial charge is 0.356 e. The SMILES string of the molecule is CC(C)(C)CCNC(=O)CCCCC(C)(C)C(C)(C)C. The molecule has 0 unspecified atom stereocenters. The lowest BCUT2D eigenvalue weighted by molar-refractivity contribution is -0.121. The standard InChI is InChI=1S/C18H37NO/c1-16(2,3)13-14-19-15(20)11-9-10-12-18(7,8)17(4,5)6/h9-14H2,1-8H3,(H,19,20). The number of hydrogen-bond donors (Lipinski definition) is 1. The van der Waals surface area contributed by atoms with E-state index in [0.717, 1.165) is 25.8 Å². The fourth-order valence-corrected chi connectivity index (χ4v) is 1.89. The van der Waals surface area contributed by atoms with Crippen molar-refractivity contribution in [1.82, 2.24) is 5.32 Å². The van der Waals surface area contributed by atoms with E-state index in [0.29, 0.717) is 22.7 Å². The smallest absolute Gasteiger partial charge is 0.219 e. The molecule has 0 aliphatic carbocycles. The Morgan fingerprint density at radius 3 is 1.85 bits per heavy atom. The summed E-state index contributed by atoms with van der Waals surface area (Å²) in [5.74, 6) is 0.211. The van der Waals surface area contributed by atoms with Crippen molar-refractivity contribution < 1.29 is 4.79 Å². The Kier molecular flexibility index (Phi) is 7.27. The lowest BCUT2D eigenvalue weighted by atomic mass is 9.67. The lowest BCUT2D eigenvalue weighted by Gasteiger charge is -2.39. The third kappa shape index (κ3) is 8.60. The van der Waals surface area contributed by atoms with Crippen LogP contribution in [0, 0.1) is 16.2 Å². The van der Waals surface area contributed by atoms with Crippen LogP contribution in [0.5, 0.6) is 0 Å². The van der Waals surface area contributed by atoms with E-state index in [4.69, 9.17) is 0 Å². The summed E-state index contributed by atoms with van der Waals surface area (Å²) >= 11 is 0. The van der Waals surface area contributed by atoms with Crippen molar-refractivity contribution in [3.8, 4) is 0 Å². The van der Waals surface area contributed by atoms with E-state index in [9.17, 15) is 4.79 Å². The van der Waals surface area contributed by atoms with Gasteiger partial charge in [0.2, 0.25) is 5.91 Å². The van der Waals surface area contributed by atoms with Gasteiger partial charge >= 0.3 is 0 Å². The lowest BCUT2D eigenvalue weighted by Crippen LogP contribution is -2.30. The molecule has 0 saturated carbocycles. The van der Waals surface area contributed by atoms with E-state index in [1.165, 1.54) is 6.42 Å². The second-order valence-electron chi connectivity index (χ2n) is 9.00. The number of rotatable bonds is 7. The Hall–Kier alpha value is -0.530. The first-order chi connectivity index (χ1) is 8.85. The van der Waals surface area contributed by atoms with Gasteiger partial charge in [-0.15, -0.1) is 0 Å². The quantitative estimate of drug-likeness (QED) is 0.641. The highest BCUT2D eigenvalue weighted by atomic mass is 16.1. The van der Waals surface area contributed by atoms with Gasteiger partial charge in [0, 0.05) is 13.0 Å². The molecule has 20 heavy (non-hydrogen) atoms. The monoisotopic (exact) mass is 283 g/mol. The molecule has 0 fully saturated rings. The summed E-state index contributed by atoms with van der Waals surface area (Å²) in [5.41, 5.74) is 0.946. The van der Waals surface area contributed by atoms with Crippen LogP contribution in [0.1, 0.15) is 87.5 Å². The molecular weight excluding hydrogens is 246 g/mol. The molecule has 1 N–H and O–H groups in total. The van der Waals surface area contributed by atoms with Crippen LogP contribution in [0.25, 0.3) is 0 Å². The predicted octanol–water partition coefficient (Wildman–Crippen LogP) is 5.17. The average molecular weight is 283 g/mol. The van der Waals surface area contributed by atoms with Gasteiger partial charge < -0.3 is 5.32 Å². The van der Waals surface area contributed by atoms with Crippen LogP contribution in [0.3, 0.4) is 0 Å². The maximum Gasteiger partial charge on any atom is 0.219 e. The minimum Gasteiger partial charge on any atom is -0.356 e. The van der Waals surface area contributed by atoms with E-state index in [1.54, 1.807) is 0 Å². The molecule has 0 atom stereocenters. The molecule has 0 aliphatic rings. The zero-order valence-corrected chi connectivity index (χ0v) is 15.2. The van der Waals surface area contributed by atoms with E-state index >= 15 is 0 Å². The number of nitrogens with one attached hydrogen (secondary N) is 1. The Labute approximate surface area is 127 Å². The molecule has 0 radical (unpaired) electrons. The Balaban J connectivity index is 3.78. The van der Waals surface area contributed by atoms with Gasteiger partial charge in [-0.2, -0.15) is 0 Å². The zero-order valence-electron chi connectivity index (χ0n) is 15.2. The number of amides is 1. The molecule has 0 aliphatic heterocycles. The number of hydrogen-bond acceptors (Lipinski definition) is 1.